The number of aryl methyl sites for hydroxylation is 1. The van der Waals surface area contributed by atoms with Crippen molar-refractivity contribution in [2.45, 2.75) is 13.5 Å². The van der Waals surface area contributed by atoms with Crippen molar-refractivity contribution in [2.24, 2.45) is 0 Å². The Morgan fingerprint density at radius 3 is 3.00 bits per heavy atom. The van der Waals surface area contributed by atoms with E-state index in [-0.39, 0.29) is 17.9 Å². The molecule has 2 rings (SSSR count). The van der Waals surface area contributed by atoms with E-state index in [2.05, 4.69) is 4.98 Å². The Labute approximate surface area is 109 Å². The number of ether oxygens (including phenoxy) is 1. The van der Waals surface area contributed by atoms with E-state index in [1.807, 2.05) is 11.5 Å². The molecule has 2 aromatic rings. The summed E-state index contributed by atoms with van der Waals surface area (Å²) in [4.78, 5) is 15.8. The quantitative estimate of drug-likeness (QED) is 0.674. The van der Waals surface area contributed by atoms with Gasteiger partial charge in [0.05, 0.1) is 12.1 Å². The summed E-state index contributed by atoms with van der Waals surface area (Å²) >= 11 is 0. The second-order valence-electron chi connectivity index (χ2n) is 4.04. The van der Waals surface area contributed by atoms with Crippen LogP contribution in [0.1, 0.15) is 16.2 Å². The fourth-order valence-corrected chi connectivity index (χ4v) is 1.66. The lowest BCUT2D eigenvalue weighted by atomic mass is 10.2. The highest BCUT2D eigenvalue weighted by Gasteiger charge is 2.12. The van der Waals surface area contributed by atoms with Gasteiger partial charge in [0.15, 0.2) is 0 Å². The molecule has 1 aromatic carbocycles. The molecular formula is C13H14FN3O2. The van der Waals surface area contributed by atoms with E-state index >= 15 is 0 Å². The number of esters is 1. The number of nitrogens with two attached hydrogens (primary N) is 1. The van der Waals surface area contributed by atoms with Crippen molar-refractivity contribution in [1.29, 1.82) is 0 Å². The highest BCUT2D eigenvalue weighted by molar-refractivity contribution is 5.95. The average molecular weight is 263 g/mol. The van der Waals surface area contributed by atoms with Gasteiger partial charge in [0, 0.05) is 18.1 Å². The third kappa shape index (κ3) is 3.09. The summed E-state index contributed by atoms with van der Waals surface area (Å²) in [6.45, 7) is 2.52. The molecule has 0 radical (unpaired) electrons. The van der Waals surface area contributed by atoms with E-state index in [0.717, 1.165) is 11.9 Å². The van der Waals surface area contributed by atoms with Crippen LogP contribution in [-0.2, 0) is 11.3 Å². The predicted molar refractivity (Wildman–Crippen MR) is 68.1 cm³/mol. The van der Waals surface area contributed by atoms with Gasteiger partial charge in [-0.3, -0.25) is 0 Å². The first kappa shape index (κ1) is 13.1. The van der Waals surface area contributed by atoms with Crippen LogP contribution in [0.2, 0.25) is 0 Å². The van der Waals surface area contributed by atoms with E-state index in [9.17, 15) is 9.18 Å². The number of anilines is 1. The number of nitrogen functional groups attached to an aromatic ring is 1. The minimum absolute atomic E-state index is 0.0438. The third-order valence-electron chi connectivity index (χ3n) is 2.72. The molecule has 0 aliphatic rings. The molecule has 0 unspecified atom stereocenters. The lowest BCUT2D eigenvalue weighted by Gasteiger charge is -2.08. The van der Waals surface area contributed by atoms with Crippen LogP contribution >= 0.6 is 0 Å². The smallest absolute Gasteiger partial charge is 0.340 e. The van der Waals surface area contributed by atoms with Crippen molar-refractivity contribution >= 4 is 11.7 Å². The lowest BCUT2D eigenvalue weighted by Crippen LogP contribution is -2.13. The van der Waals surface area contributed by atoms with Gasteiger partial charge in [-0.2, -0.15) is 0 Å². The molecule has 6 heteroatoms. The molecule has 100 valence electrons. The Kier molecular flexibility index (Phi) is 3.79. The standard InChI is InChI=1S/C13H14FN3O2/c1-9-16-4-5-17(9)6-7-19-13(18)11-8-10(14)2-3-12(11)15/h2-5,8H,6-7,15H2,1H3. The van der Waals surface area contributed by atoms with Gasteiger partial charge in [0.25, 0.3) is 0 Å². The maximum atomic E-state index is 13.0. The molecule has 0 atom stereocenters. The van der Waals surface area contributed by atoms with Gasteiger partial charge in [-0.1, -0.05) is 0 Å². The maximum absolute atomic E-state index is 13.0. The number of benzene rings is 1. The summed E-state index contributed by atoms with van der Waals surface area (Å²) in [5, 5.41) is 0. The van der Waals surface area contributed by atoms with Crippen LogP contribution < -0.4 is 5.73 Å². The summed E-state index contributed by atoms with van der Waals surface area (Å²) in [7, 11) is 0. The topological polar surface area (TPSA) is 70.1 Å². The molecule has 1 heterocycles. The summed E-state index contributed by atoms with van der Waals surface area (Å²) in [5.41, 5.74) is 5.84. The number of halogens is 1. The number of hydrogen-bond donors (Lipinski definition) is 1. The van der Waals surface area contributed by atoms with Crippen LogP contribution in [0.5, 0.6) is 0 Å². The number of aromatic nitrogens is 2. The first-order chi connectivity index (χ1) is 9.08. The Bertz CT molecular complexity index is 595. The van der Waals surface area contributed by atoms with Gasteiger partial charge in [-0.05, 0) is 25.1 Å². The van der Waals surface area contributed by atoms with Gasteiger partial charge < -0.3 is 15.0 Å². The molecule has 0 spiro atoms. The van der Waals surface area contributed by atoms with Crippen molar-refractivity contribution in [3.05, 3.63) is 47.8 Å². The van der Waals surface area contributed by atoms with Crippen LogP contribution in [0, 0.1) is 12.7 Å². The monoisotopic (exact) mass is 263 g/mol. The highest BCUT2D eigenvalue weighted by Crippen LogP contribution is 2.14. The molecular weight excluding hydrogens is 249 g/mol. The molecule has 0 saturated carbocycles. The van der Waals surface area contributed by atoms with Crippen LogP contribution in [0.3, 0.4) is 0 Å². The second-order valence-corrected chi connectivity index (χ2v) is 4.04. The molecule has 0 bridgehead atoms. The number of carbonyl (C=O) groups is 1. The molecule has 0 fully saturated rings. The lowest BCUT2D eigenvalue weighted by molar-refractivity contribution is 0.0491. The minimum Gasteiger partial charge on any atom is -0.460 e. The van der Waals surface area contributed by atoms with E-state index in [0.29, 0.717) is 6.54 Å². The summed E-state index contributed by atoms with van der Waals surface area (Å²) in [6.07, 6.45) is 3.46. The highest BCUT2D eigenvalue weighted by atomic mass is 19.1. The van der Waals surface area contributed by atoms with E-state index in [1.54, 1.807) is 12.4 Å². The van der Waals surface area contributed by atoms with Crippen molar-refractivity contribution in [3.8, 4) is 0 Å². The number of hydrogen-bond acceptors (Lipinski definition) is 4. The van der Waals surface area contributed by atoms with Crippen LogP contribution in [0.15, 0.2) is 30.6 Å². The molecule has 0 saturated heterocycles. The third-order valence-corrected chi connectivity index (χ3v) is 2.72. The molecule has 0 amide bonds. The Hall–Kier alpha value is -2.37. The van der Waals surface area contributed by atoms with Gasteiger partial charge in [-0.15, -0.1) is 0 Å². The number of carbonyl (C=O) groups excluding carboxylic acids is 1. The van der Waals surface area contributed by atoms with Gasteiger partial charge in [0.1, 0.15) is 18.2 Å². The van der Waals surface area contributed by atoms with Gasteiger partial charge in [-0.25, -0.2) is 14.2 Å². The van der Waals surface area contributed by atoms with E-state index in [4.69, 9.17) is 10.5 Å². The predicted octanol–water partition coefficient (Wildman–Crippen LogP) is 1.77. The maximum Gasteiger partial charge on any atom is 0.340 e. The zero-order chi connectivity index (χ0) is 13.8. The zero-order valence-corrected chi connectivity index (χ0v) is 10.5. The van der Waals surface area contributed by atoms with Gasteiger partial charge in [0.2, 0.25) is 0 Å². The molecule has 2 N–H and O–H groups in total. The fourth-order valence-electron chi connectivity index (χ4n) is 1.66. The molecule has 19 heavy (non-hydrogen) atoms. The van der Waals surface area contributed by atoms with Gasteiger partial charge >= 0.3 is 5.97 Å². The Balaban J connectivity index is 1.94. The van der Waals surface area contributed by atoms with E-state index < -0.39 is 11.8 Å². The first-order valence-electron chi connectivity index (χ1n) is 5.78. The normalized spacial score (nSPS) is 10.4. The van der Waals surface area contributed by atoms with Crippen molar-refractivity contribution in [2.75, 3.05) is 12.3 Å². The van der Waals surface area contributed by atoms with E-state index in [1.165, 1.54) is 12.1 Å². The SMILES string of the molecule is Cc1nccn1CCOC(=O)c1cc(F)ccc1N. The van der Waals surface area contributed by atoms with Crippen molar-refractivity contribution < 1.29 is 13.9 Å². The summed E-state index contributed by atoms with van der Waals surface area (Å²) in [6, 6.07) is 3.60. The first-order valence-corrected chi connectivity index (χ1v) is 5.78. The van der Waals surface area contributed by atoms with Crippen molar-refractivity contribution in [1.82, 2.24) is 9.55 Å². The minimum atomic E-state index is -0.630. The number of nitrogens with zero attached hydrogens (tertiary/aromatic N) is 2. The van der Waals surface area contributed by atoms with Crippen molar-refractivity contribution in [3.63, 3.8) is 0 Å². The zero-order valence-electron chi connectivity index (χ0n) is 10.5. The molecule has 5 nitrogen and oxygen atoms in total. The summed E-state index contributed by atoms with van der Waals surface area (Å²) in [5.74, 6) is -0.317. The molecule has 0 aliphatic heterocycles. The Morgan fingerprint density at radius 2 is 2.32 bits per heavy atom. The average Bonchev–Trinajstić information content (AvgIpc) is 2.78. The fraction of sp³-hybridized carbons (Fsp3) is 0.231. The second kappa shape index (κ2) is 5.51. The largest absolute Gasteiger partial charge is 0.460 e. The molecule has 0 aliphatic carbocycles. The van der Waals surface area contributed by atoms with Crippen LogP contribution in [0.25, 0.3) is 0 Å². The summed E-state index contributed by atoms with van der Waals surface area (Å²) < 4.78 is 19.9. The van der Waals surface area contributed by atoms with Crippen LogP contribution in [0.4, 0.5) is 10.1 Å². The Morgan fingerprint density at radius 1 is 1.53 bits per heavy atom. The molecule has 1 aromatic heterocycles. The number of rotatable bonds is 4. The number of imidazole rings is 1. The van der Waals surface area contributed by atoms with Crippen LogP contribution in [-0.4, -0.2) is 22.1 Å².